The van der Waals surface area contributed by atoms with Crippen LogP contribution in [-0.2, 0) is 10.6 Å². The lowest BCUT2D eigenvalue weighted by Crippen LogP contribution is -2.41. The molecule has 0 amide bonds. The zero-order valence-electron chi connectivity index (χ0n) is 12.2. The van der Waals surface area contributed by atoms with Gasteiger partial charge in [-0.1, -0.05) is 0 Å². The molecule has 0 heterocycles. The van der Waals surface area contributed by atoms with Gasteiger partial charge < -0.3 is 40.5 Å². The highest BCUT2D eigenvalue weighted by molar-refractivity contribution is 5.94. The van der Waals surface area contributed by atoms with E-state index in [4.69, 9.17) is 9.84 Å². The first kappa shape index (κ1) is 17.7. The molecule has 132 valence electrons. The van der Waals surface area contributed by atoms with E-state index in [1.807, 2.05) is 0 Å². The summed E-state index contributed by atoms with van der Waals surface area (Å²) in [6.07, 6.45) is 0. The first-order chi connectivity index (χ1) is 11.6. The summed E-state index contributed by atoms with van der Waals surface area (Å²) in [4.78, 5) is 22.7. The van der Waals surface area contributed by atoms with Crippen LogP contribution in [0.5, 0.6) is 28.7 Å². The third kappa shape index (κ3) is 3.19. The van der Waals surface area contributed by atoms with Crippen LogP contribution >= 0.6 is 0 Å². The average molecular weight is 352 g/mol. The van der Waals surface area contributed by atoms with Gasteiger partial charge in [-0.2, -0.15) is 0 Å². The Morgan fingerprint density at radius 1 is 0.880 bits per heavy atom. The summed E-state index contributed by atoms with van der Waals surface area (Å²) >= 11 is 0. The van der Waals surface area contributed by atoms with Gasteiger partial charge in [0, 0.05) is 17.7 Å². The number of aromatic hydroxyl groups is 4. The Balaban J connectivity index is 2.62. The number of benzene rings is 2. The van der Waals surface area contributed by atoms with E-state index in [1.54, 1.807) is 0 Å². The number of phenolic OH excluding ortho intramolecular Hbond substituents is 3. The van der Waals surface area contributed by atoms with Crippen molar-refractivity contribution in [1.29, 1.82) is 0 Å². The molecular weight excluding hydrogens is 340 g/mol. The Bertz CT molecular complexity index is 860. The van der Waals surface area contributed by atoms with Crippen LogP contribution in [0.25, 0.3) is 0 Å². The minimum absolute atomic E-state index is 0.561. The van der Waals surface area contributed by atoms with E-state index in [0.717, 1.165) is 12.1 Å². The number of carbonyl (C=O) groups is 2. The maximum atomic E-state index is 11.5. The number of aliphatic hydroxyl groups is 1. The molecule has 0 aliphatic carbocycles. The van der Waals surface area contributed by atoms with Crippen LogP contribution in [0.15, 0.2) is 30.3 Å². The van der Waals surface area contributed by atoms with Gasteiger partial charge in [0.1, 0.15) is 22.8 Å². The number of carboxylic acids is 2. The third-order valence-electron chi connectivity index (χ3n) is 3.19. The third-order valence-corrected chi connectivity index (χ3v) is 3.19. The monoisotopic (exact) mass is 352 g/mol. The summed E-state index contributed by atoms with van der Waals surface area (Å²) in [5, 5.41) is 66.5. The van der Waals surface area contributed by atoms with Gasteiger partial charge in [0.25, 0.3) is 0 Å². The molecular formula is C15H12O10. The molecule has 2 rings (SSSR count). The summed E-state index contributed by atoms with van der Waals surface area (Å²) in [7, 11) is 0. The second-order valence-corrected chi connectivity index (χ2v) is 4.90. The van der Waals surface area contributed by atoms with Crippen molar-refractivity contribution in [2.45, 2.75) is 5.79 Å². The van der Waals surface area contributed by atoms with Crippen molar-refractivity contribution >= 4 is 11.9 Å². The van der Waals surface area contributed by atoms with Crippen LogP contribution in [0.2, 0.25) is 0 Å². The molecule has 0 aliphatic rings. The molecule has 7 N–H and O–H groups in total. The van der Waals surface area contributed by atoms with E-state index in [1.165, 1.54) is 0 Å². The van der Waals surface area contributed by atoms with E-state index >= 15 is 0 Å². The lowest BCUT2D eigenvalue weighted by Gasteiger charge is -2.26. The first-order valence-electron chi connectivity index (χ1n) is 6.52. The minimum Gasteiger partial charge on any atom is -0.508 e. The van der Waals surface area contributed by atoms with Gasteiger partial charge in [0.2, 0.25) is 0 Å². The van der Waals surface area contributed by atoms with Crippen molar-refractivity contribution in [2.75, 3.05) is 0 Å². The number of ether oxygens (including phenoxy) is 1. The lowest BCUT2D eigenvalue weighted by atomic mass is 10.0. The van der Waals surface area contributed by atoms with E-state index in [-0.39, 0.29) is 0 Å². The Kier molecular flexibility index (Phi) is 4.31. The molecule has 0 saturated carbocycles. The number of rotatable bonds is 5. The van der Waals surface area contributed by atoms with Crippen LogP contribution in [0, 0.1) is 0 Å². The standard InChI is InChI=1S/C15H12O10/c16-7-4-10(19)12(13(20)21)11(5-7)25-15(24,14(22)23)6-1-2-8(17)9(18)3-6/h1-5,16-19,24H,(H,20,21)(H,22,23). The summed E-state index contributed by atoms with van der Waals surface area (Å²) in [6.45, 7) is 0. The van der Waals surface area contributed by atoms with E-state index in [9.17, 15) is 40.2 Å². The van der Waals surface area contributed by atoms with Crippen molar-refractivity contribution in [1.82, 2.24) is 0 Å². The van der Waals surface area contributed by atoms with Crippen LogP contribution in [-0.4, -0.2) is 47.7 Å². The lowest BCUT2D eigenvalue weighted by molar-refractivity contribution is -0.198. The number of carboxylic acid groups (broad SMARTS) is 2. The Hall–Kier alpha value is -3.66. The van der Waals surface area contributed by atoms with Gasteiger partial charge in [0.05, 0.1) is 0 Å². The molecule has 1 atom stereocenters. The highest BCUT2D eigenvalue weighted by Gasteiger charge is 2.43. The molecule has 0 fully saturated rings. The largest absolute Gasteiger partial charge is 0.508 e. The maximum absolute atomic E-state index is 11.5. The fraction of sp³-hybridized carbons (Fsp3) is 0.0667. The fourth-order valence-corrected chi connectivity index (χ4v) is 2.00. The zero-order valence-corrected chi connectivity index (χ0v) is 12.2. The first-order valence-corrected chi connectivity index (χ1v) is 6.52. The quantitative estimate of drug-likeness (QED) is 0.295. The number of phenols is 4. The zero-order chi connectivity index (χ0) is 18.9. The SMILES string of the molecule is O=C(O)c1c(O)cc(O)cc1OC(O)(C(=O)O)c1ccc(O)c(O)c1. The summed E-state index contributed by atoms with van der Waals surface area (Å²) in [6, 6.07) is 3.83. The molecule has 0 spiro atoms. The summed E-state index contributed by atoms with van der Waals surface area (Å²) < 4.78 is 4.86. The van der Waals surface area contributed by atoms with Crippen LogP contribution in [0.3, 0.4) is 0 Å². The Labute approximate surface area is 139 Å². The smallest absolute Gasteiger partial charge is 0.382 e. The van der Waals surface area contributed by atoms with Gasteiger partial charge >= 0.3 is 17.7 Å². The number of hydrogen-bond acceptors (Lipinski definition) is 8. The maximum Gasteiger partial charge on any atom is 0.382 e. The van der Waals surface area contributed by atoms with Gasteiger partial charge in [0.15, 0.2) is 11.5 Å². The molecule has 1 unspecified atom stereocenters. The van der Waals surface area contributed by atoms with Gasteiger partial charge in [-0.3, -0.25) is 0 Å². The van der Waals surface area contributed by atoms with Crippen LogP contribution in [0.4, 0.5) is 0 Å². The van der Waals surface area contributed by atoms with Gasteiger partial charge in [-0.15, -0.1) is 0 Å². The Morgan fingerprint density at radius 2 is 1.52 bits per heavy atom. The van der Waals surface area contributed by atoms with E-state index < -0.39 is 57.6 Å². The molecule has 0 saturated heterocycles. The summed E-state index contributed by atoms with van der Waals surface area (Å²) in [5.74, 6) is -10.7. The molecule has 0 aliphatic heterocycles. The number of hydrogen-bond donors (Lipinski definition) is 7. The van der Waals surface area contributed by atoms with E-state index in [0.29, 0.717) is 18.2 Å². The molecule has 0 bridgehead atoms. The molecule has 0 radical (unpaired) electrons. The molecule has 2 aromatic carbocycles. The van der Waals surface area contributed by atoms with Gasteiger partial charge in [-0.05, 0) is 18.2 Å². The molecule has 0 aromatic heterocycles. The topological polar surface area (TPSA) is 185 Å². The predicted molar refractivity (Wildman–Crippen MR) is 78.7 cm³/mol. The highest BCUT2D eigenvalue weighted by atomic mass is 16.6. The van der Waals surface area contributed by atoms with Crippen LogP contribution in [0.1, 0.15) is 15.9 Å². The molecule has 10 nitrogen and oxygen atoms in total. The number of aliphatic carboxylic acids is 1. The average Bonchev–Trinajstić information content (AvgIpc) is 2.48. The van der Waals surface area contributed by atoms with Gasteiger partial charge in [-0.25, -0.2) is 9.59 Å². The van der Waals surface area contributed by atoms with Crippen molar-refractivity contribution in [3.05, 3.63) is 41.5 Å². The number of aromatic carboxylic acids is 1. The second-order valence-electron chi connectivity index (χ2n) is 4.90. The summed E-state index contributed by atoms with van der Waals surface area (Å²) in [5.41, 5.74) is -1.46. The van der Waals surface area contributed by atoms with Crippen LogP contribution < -0.4 is 4.74 Å². The van der Waals surface area contributed by atoms with Crippen molar-refractivity contribution in [3.8, 4) is 28.7 Å². The van der Waals surface area contributed by atoms with Crippen molar-refractivity contribution in [2.24, 2.45) is 0 Å². The van der Waals surface area contributed by atoms with Crippen molar-refractivity contribution < 1.29 is 50.1 Å². The normalized spacial score (nSPS) is 13.0. The Morgan fingerprint density at radius 3 is 2.04 bits per heavy atom. The molecule has 2 aromatic rings. The molecule has 10 heteroatoms. The highest BCUT2D eigenvalue weighted by Crippen LogP contribution is 2.38. The molecule has 25 heavy (non-hydrogen) atoms. The minimum atomic E-state index is -3.20. The van der Waals surface area contributed by atoms with Crippen molar-refractivity contribution in [3.63, 3.8) is 0 Å². The van der Waals surface area contributed by atoms with E-state index in [2.05, 4.69) is 0 Å². The fourth-order valence-electron chi connectivity index (χ4n) is 2.00. The second kappa shape index (κ2) is 6.09. The predicted octanol–water partition coefficient (Wildman–Crippen LogP) is 0.516.